The van der Waals surface area contributed by atoms with E-state index in [0.717, 1.165) is 36.8 Å². The molecule has 0 spiro atoms. The highest BCUT2D eigenvalue weighted by Gasteiger charge is 2.28. The first-order valence-electron chi connectivity index (χ1n) is 10.0. The summed E-state index contributed by atoms with van der Waals surface area (Å²) >= 11 is 12.4. The number of halogens is 2. The maximum atomic E-state index is 13.2. The van der Waals surface area contributed by atoms with Crippen LogP contribution in [0, 0.1) is 0 Å². The van der Waals surface area contributed by atoms with Gasteiger partial charge in [-0.1, -0.05) is 66.4 Å². The lowest BCUT2D eigenvalue weighted by Crippen LogP contribution is -2.50. The van der Waals surface area contributed by atoms with E-state index in [0.29, 0.717) is 10.0 Å². The van der Waals surface area contributed by atoms with E-state index >= 15 is 0 Å². The molecular weight excluding hydrogens is 407 g/mol. The maximum Gasteiger partial charge on any atom is 0.242 e. The molecule has 154 valence electrons. The van der Waals surface area contributed by atoms with Crippen LogP contribution in [-0.2, 0) is 22.6 Å². The molecule has 6 heteroatoms. The number of rotatable bonds is 7. The van der Waals surface area contributed by atoms with Crippen LogP contribution < -0.4 is 5.32 Å². The number of carbonyl (C=O) groups excluding carboxylic acids is 2. The predicted molar refractivity (Wildman–Crippen MR) is 117 cm³/mol. The standard InChI is InChI=1S/C23H26Cl2N2O2/c1-16(23(29)26-20-10-3-4-11-20)27(15-18-8-2-5-12-21(18)25)22(28)14-17-7-6-9-19(24)13-17/h2,5-9,12-13,16,20H,3-4,10-11,14-15H2,1H3,(H,26,29)/t16-/m0/s1. The Bertz CT molecular complexity index is 865. The van der Waals surface area contributed by atoms with Gasteiger partial charge in [-0.25, -0.2) is 0 Å². The van der Waals surface area contributed by atoms with E-state index in [2.05, 4.69) is 5.32 Å². The van der Waals surface area contributed by atoms with E-state index in [9.17, 15) is 9.59 Å². The molecule has 0 aromatic heterocycles. The van der Waals surface area contributed by atoms with Crippen LogP contribution in [0.2, 0.25) is 10.0 Å². The molecule has 1 fully saturated rings. The van der Waals surface area contributed by atoms with Gasteiger partial charge >= 0.3 is 0 Å². The summed E-state index contributed by atoms with van der Waals surface area (Å²) in [7, 11) is 0. The zero-order valence-corrected chi connectivity index (χ0v) is 18.0. The van der Waals surface area contributed by atoms with Gasteiger partial charge in [-0.15, -0.1) is 0 Å². The van der Waals surface area contributed by atoms with Gasteiger partial charge in [0.15, 0.2) is 0 Å². The molecule has 1 saturated carbocycles. The van der Waals surface area contributed by atoms with Crippen molar-refractivity contribution in [2.75, 3.05) is 0 Å². The Balaban J connectivity index is 1.78. The lowest BCUT2D eigenvalue weighted by Gasteiger charge is -2.30. The van der Waals surface area contributed by atoms with Crippen molar-refractivity contribution in [3.63, 3.8) is 0 Å². The zero-order chi connectivity index (χ0) is 20.8. The molecule has 2 amide bonds. The smallest absolute Gasteiger partial charge is 0.242 e. The van der Waals surface area contributed by atoms with Gasteiger partial charge in [-0.2, -0.15) is 0 Å². The van der Waals surface area contributed by atoms with E-state index in [1.807, 2.05) is 30.3 Å². The topological polar surface area (TPSA) is 49.4 Å². The summed E-state index contributed by atoms with van der Waals surface area (Å²) in [6.07, 6.45) is 4.44. The SMILES string of the molecule is C[C@@H](C(=O)NC1CCCC1)N(Cc1ccccc1Cl)C(=O)Cc1cccc(Cl)c1. The zero-order valence-electron chi connectivity index (χ0n) is 16.5. The summed E-state index contributed by atoms with van der Waals surface area (Å²) in [6.45, 7) is 2.05. The van der Waals surface area contributed by atoms with Crippen LogP contribution in [0.3, 0.4) is 0 Å². The summed E-state index contributed by atoms with van der Waals surface area (Å²) in [5.74, 6) is -0.260. The number of hydrogen-bond acceptors (Lipinski definition) is 2. The first kappa shape index (κ1) is 21.7. The highest BCUT2D eigenvalue weighted by Crippen LogP contribution is 2.21. The Morgan fingerprint density at radius 3 is 2.52 bits per heavy atom. The summed E-state index contributed by atoms with van der Waals surface area (Å²) in [5.41, 5.74) is 1.63. The third-order valence-electron chi connectivity index (χ3n) is 5.41. The maximum absolute atomic E-state index is 13.2. The third kappa shape index (κ3) is 5.97. The van der Waals surface area contributed by atoms with Crippen molar-refractivity contribution < 1.29 is 9.59 Å². The fourth-order valence-corrected chi connectivity index (χ4v) is 4.12. The molecule has 1 aliphatic rings. The highest BCUT2D eigenvalue weighted by molar-refractivity contribution is 6.31. The first-order chi connectivity index (χ1) is 13.9. The number of hydrogen-bond donors (Lipinski definition) is 1. The van der Waals surface area contributed by atoms with Crippen LogP contribution >= 0.6 is 23.2 Å². The van der Waals surface area contributed by atoms with Crippen LogP contribution in [0.25, 0.3) is 0 Å². The highest BCUT2D eigenvalue weighted by atomic mass is 35.5. The number of nitrogens with one attached hydrogen (secondary N) is 1. The minimum Gasteiger partial charge on any atom is -0.352 e. The van der Waals surface area contributed by atoms with Crippen LogP contribution in [0.5, 0.6) is 0 Å². The molecule has 0 saturated heterocycles. The fraction of sp³-hybridized carbons (Fsp3) is 0.391. The second-order valence-electron chi connectivity index (χ2n) is 7.59. The lowest BCUT2D eigenvalue weighted by molar-refractivity contribution is -0.140. The first-order valence-corrected chi connectivity index (χ1v) is 10.8. The van der Waals surface area contributed by atoms with E-state index in [1.165, 1.54) is 0 Å². The van der Waals surface area contributed by atoms with Gasteiger partial charge in [0.05, 0.1) is 6.42 Å². The van der Waals surface area contributed by atoms with Gasteiger partial charge in [-0.3, -0.25) is 9.59 Å². The Labute approximate surface area is 182 Å². The van der Waals surface area contributed by atoms with Gasteiger partial charge in [0.1, 0.15) is 6.04 Å². The van der Waals surface area contributed by atoms with Gasteiger partial charge < -0.3 is 10.2 Å². The quantitative estimate of drug-likeness (QED) is 0.667. The Morgan fingerprint density at radius 2 is 1.83 bits per heavy atom. The predicted octanol–water partition coefficient (Wildman–Crippen LogP) is 5.01. The molecule has 3 rings (SSSR count). The minimum atomic E-state index is -0.599. The largest absolute Gasteiger partial charge is 0.352 e. The van der Waals surface area contributed by atoms with E-state index in [1.54, 1.807) is 30.0 Å². The number of benzene rings is 2. The summed E-state index contributed by atoms with van der Waals surface area (Å²) in [4.78, 5) is 27.7. The van der Waals surface area contributed by atoms with E-state index in [-0.39, 0.29) is 30.8 Å². The summed E-state index contributed by atoms with van der Waals surface area (Å²) in [6, 6.07) is 14.2. The van der Waals surface area contributed by atoms with Crippen LogP contribution in [0.15, 0.2) is 48.5 Å². The average molecular weight is 433 g/mol. The van der Waals surface area contributed by atoms with Crippen molar-refractivity contribution in [1.82, 2.24) is 10.2 Å². The van der Waals surface area contributed by atoms with Crippen molar-refractivity contribution in [3.8, 4) is 0 Å². The molecule has 1 atom stereocenters. The second kappa shape index (κ2) is 10.1. The molecule has 0 heterocycles. The second-order valence-corrected chi connectivity index (χ2v) is 8.43. The van der Waals surface area contributed by atoms with Gasteiger partial charge in [0.2, 0.25) is 11.8 Å². The molecular formula is C23H26Cl2N2O2. The van der Waals surface area contributed by atoms with Crippen molar-refractivity contribution in [3.05, 3.63) is 69.7 Å². The Kier molecular flexibility index (Phi) is 7.57. The Hall–Kier alpha value is -2.04. The molecule has 0 unspecified atom stereocenters. The van der Waals surface area contributed by atoms with Crippen molar-refractivity contribution in [2.45, 2.75) is 57.7 Å². The molecule has 2 aromatic rings. The molecule has 4 nitrogen and oxygen atoms in total. The van der Waals surface area contributed by atoms with Crippen molar-refractivity contribution in [2.24, 2.45) is 0 Å². The molecule has 2 aromatic carbocycles. The third-order valence-corrected chi connectivity index (χ3v) is 6.02. The molecule has 1 N–H and O–H groups in total. The van der Waals surface area contributed by atoms with Gasteiger partial charge in [-0.05, 0) is 49.1 Å². The van der Waals surface area contributed by atoms with E-state index < -0.39 is 6.04 Å². The summed E-state index contributed by atoms with van der Waals surface area (Å²) in [5, 5.41) is 4.26. The monoisotopic (exact) mass is 432 g/mol. The molecule has 0 aliphatic heterocycles. The molecule has 0 radical (unpaired) electrons. The van der Waals surface area contributed by atoms with Gasteiger partial charge in [0, 0.05) is 22.6 Å². The fourth-order valence-electron chi connectivity index (χ4n) is 3.71. The van der Waals surface area contributed by atoms with Crippen LogP contribution in [-0.4, -0.2) is 28.8 Å². The van der Waals surface area contributed by atoms with Gasteiger partial charge in [0.25, 0.3) is 0 Å². The van der Waals surface area contributed by atoms with Crippen LogP contribution in [0.1, 0.15) is 43.7 Å². The molecule has 29 heavy (non-hydrogen) atoms. The average Bonchev–Trinajstić information content (AvgIpc) is 3.19. The van der Waals surface area contributed by atoms with Crippen molar-refractivity contribution in [1.29, 1.82) is 0 Å². The van der Waals surface area contributed by atoms with E-state index in [4.69, 9.17) is 23.2 Å². The number of nitrogens with zero attached hydrogens (tertiary/aromatic N) is 1. The number of amides is 2. The lowest BCUT2D eigenvalue weighted by atomic mass is 10.1. The van der Waals surface area contributed by atoms with Crippen LogP contribution in [0.4, 0.5) is 0 Å². The summed E-state index contributed by atoms with van der Waals surface area (Å²) < 4.78 is 0. The Morgan fingerprint density at radius 1 is 1.10 bits per heavy atom. The number of carbonyl (C=O) groups is 2. The normalized spacial score (nSPS) is 15.1. The minimum absolute atomic E-state index is 0.122. The molecule has 0 bridgehead atoms. The molecule has 1 aliphatic carbocycles. The van der Waals surface area contributed by atoms with Crippen molar-refractivity contribution >= 4 is 35.0 Å².